The van der Waals surface area contributed by atoms with Crippen molar-refractivity contribution in [2.45, 2.75) is 43.1 Å². The van der Waals surface area contributed by atoms with Gasteiger partial charge in [0.05, 0.1) is 18.1 Å². The van der Waals surface area contributed by atoms with Crippen LogP contribution in [0, 0.1) is 5.92 Å². The van der Waals surface area contributed by atoms with Gasteiger partial charge in [0.1, 0.15) is 17.6 Å². The van der Waals surface area contributed by atoms with Crippen LogP contribution < -0.4 is 10.1 Å². The van der Waals surface area contributed by atoms with Gasteiger partial charge in [-0.1, -0.05) is 24.3 Å². The maximum atomic E-state index is 12.5. The summed E-state index contributed by atoms with van der Waals surface area (Å²) in [6.07, 6.45) is 9.89. The molecule has 1 aromatic carbocycles. The van der Waals surface area contributed by atoms with E-state index in [4.69, 9.17) is 25.8 Å². The van der Waals surface area contributed by atoms with Crippen molar-refractivity contribution < 1.29 is 29.2 Å². The molecule has 0 radical (unpaired) electrons. The SMILES string of the molecule is COC1CC=CC=C1CCNC(=O)c1ccc(OC2C=C3OCCC(C(O)O)C3=CC2Cl)cc1. The minimum Gasteiger partial charge on any atom is -0.493 e. The molecule has 1 heterocycles. The number of nitrogens with one attached hydrogen (secondary N) is 1. The third-order valence-electron chi connectivity index (χ3n) is 6.28. The lowest BCUT2D eigenvalue weighted by Gasteiger charge is -2.34. The number of carbonyl (C=O) groups is 1. The number of methoxy groups -OCH3 is 1. The van der Waals surface area contributed by atoms with Crippen molar-refractivity contribution >= 4 is 17.5 Å². The summed E-state index contributed by atoms with van der Waals surface area (Å²) in [6.45, 7) is 0.924. The maximum absolute atomic E-state index is 12.5. The second kappa shape index (κ2) is 11.2. The van der Waals surface area contributed by atoms with E-state index in [0.717, 1.165) is 12.8 Å². The minimum absolute atomic E-state index is 0.0726. The van der Waals surface area contributed by atoms with Gasteiger partial charge in [0.15, 0.2) is 6.29 Å². The Morgan fingerprint density at radius 2 is 2.06 bits per heavy atom. The van der Waals surface area contributed by atoms with Crippen LogP contribution in [-0.2, 0) is 9.47 Å². The smallest absolute Gasteiger partial charge is 0.251 e. The fourth-order valence-electron chi connectivity index (χ4n) is 4.39. The minimum atomic E-state index is -1.46. The average molecular weight is 488 g/mol. The molecule has 8 heteroatoms. The quantitative estimate of drug-likeness (QED) is 0.385. The highest BCUT2D eigenvalue weighted by atomic mass is 35.5. The van der Waals surface area contributed by atoms with Gasteiger partial charge in [0.2, 0.25) is 0 Å². The van der Waals surface area contributed by atoms with Crippen molar-refractivity contribution in [2.24, 2.45) is 5.92 Å². The van der Waals surface area contributed by atoms with Crippen molar-refractivity contribution in [3.05, 3.63) is 77.1 Å². The molecule has 182 valence electrons. The lowest BCUT2D eigenvalue weighted by Crippen LogP contribution is -2.35. The molecule has 0 spiro atoms. The summed E-state index contributed by atoms with van der Waals surface area (Å²) in [5.74, 6) is 0.560. The molecule has 3 aliphatic rings. The number of aliphatic hydroxyl groups excluding tert-OH is 1. The van der Waals surface area contributed by atoms with E-state index in [-0.39, 0.29) is 12.0 Å². The summed E-state index contributed by atoms with van der Waals surface area (Å²) in [5, 5.41) is 21.7. The zero-order chi connectivity index (χ0) is 24.1. The van der Waals surface area contributed by atoms with Gasteiger partial charge in [-0.2, -0.15) is 0 Å². The molecule has 1 fully saturated rings. The highest BCUT2D eigenvalue weighted by Gasteiger charge is 2.35. The normalized spacial score (nSPS) is 26.1. The standard InChI is InChI=1S/C26H30ClNO6/c1-32-22-5-3-2-4-16(22)10-12-28-25(29)17-6-8-18(9-7-17)34-24-15-23-20(14-21(24)27)19(26(30)31)11-13-33-23/h2-4,6-9,14-15,19,21-22,24,26,30-31H,5,10-13H2,1H3,(H,28,29). The zero-order valence-corrected chi connectivity index (χ0v) is 19.8. The predicted octanol–water partition coefficient (Wildman–Crippen LogP) is 3.23. The number of halogens is 1. The van der Waals surface area contributed by atoms with Crippen LogP contribution in [0.15, 0.2) is 71.6 Å². The Balaban J connectivity index is 1.31. The maximum Gasteiger partial charge on any atom is 0.251 e. The molecular weight excluding hydrogens is 458 g/mol. The molecule has 2 aliphatic carbocycles. The van der Waals surface area contributed by atoms with Crippen LogP contribution >= 0.6 is 11.6 Å². The molecule has 1 aliphatic heterocycles. The number of carbonyl (C=O) groups excluding carboxylic acids is 1. The number of amides is 1. The number of alkyl halides is 1. The van der Waals surface area contributed by atoms with Gasteiger partial charge in [-0.3, -0.25) is 4.79 Å². The largest absolute Gasteiger partial charge is 0.493 e. The van der Waals surface area contributed by atoms with Crippen LogP contribution in [0.25, 0.3) is 0 Å². The van der Waals surface area contributed by atoms with E-state index in [9.17, 15) is 15.0 Å². The number of rotatable bonds is 8. The van der Waals surface area contributed by atoms with E-state index in [1.807, 2.05) is 12.2 Å². The second-order valence-electron chi connectivity index (χ2n) is 8.50. The predicted molar refractivity (Wildman–Crippen MR) is 129 cm³/mol. The van der Waals surface area contributed by atoms with Crippen molar-refractivity contribution in [3.8, 4) is 5.75 Å². The van der Waals surface area contributed by atoms with Gasteiger partial charge in [0.25, 0.3) is 5.91 Å². The first-order valence-electron chi connectivity index (χ1n) is 11.5. The number of ether oxygens (including phenoxy) is 3. The highest BCUT2D eigenvalue weighted by molar-refractivity contribution is 6.22. The molecule has 0 aromatic heterocycles. The van der Waals surface area contributed by atoms with Crippen LogP contribution in [0.1, 0.15) is 29.6 Å². The monoisotopic (exact) mass is 487 g/mol. The highest BCUT2D eigenvalue weighted by Crippen LogP contribution is 2.37. The Morgan fingerprint density at radius 3 is 2.79 bits per heavy atom. The summed E-state index contributed by atoms with van der Waals surface area (Å²) in [6, 6.07) is 6.88. The first-order chi connectivity index (χ1) is 16.5. The van der Waals surface area contributed by atoms with Crippen LogP contribution in [0.2, 0.25) is 0 Å². The molecule has 0 bridgehead atoms. The first-order valence-corrected chi connectivity index (χ1v) is 11.9. The van der Waals surface area contributed by atoms with E-state index in [1.165, 1.54) is 5.57 Å². The third-order valence-corrected chi connectivity index (χ3v) is 6.66. The number of hydrogen-bond donors (Lipinski definition) is 3. The summed E-state index contributed by atoms with van der Waals surface area (Å²) in [4.78, 5) is 12.5. The van der Waals surface area contributed by atoms with Gasteiger partial charge >= 0.3 is 0 Å². The Morgan fingerprint density at radius 1 is 1.26 bits per heavy atom. The zero-order valence-electron chi connectivity index (χ0n) is 19.0. The fourth-order valence-corrected chi connectivity index (χ4v) is 4.65. The topological polar surface area (TPSA) is 97.3 Å². The molecule has 1 amide bonds. The number of aliphatic hydroxyl groups is 2. The van der Waals surface area contributed by atoms with E-state index in [2.05, 4.69) is 11.4 Å². The molecule has 7 nitrogen and oxygen atoms in total. The van der Waals surface area contributed by atoms with Crippen LogP contribution in [0.3, 0.4) is 0 Å². The Bertz CT molecular complexity index is 997. The number of hydrogen-bond acceptors (Lipinski definition) is 6. The summed E-state index contributed by atoms with van der Waals surface area (Å²) in [7, 11) is 1.70. The van der Waals surface area contributed by atoms with Gasteiger partial charge in [-0.15, -0.1) is 11.6 Å². The molecule has 4 unspecified atom stereocenters. The van der Waals surface area contributed by atoms with Crippen molar-refractivity contribution in [2.75, 3.05) is 20.3 Å². The van der Waals surface area contributed by atoms with E-state index < -0.39 is 23.7 Å². The number of allylic oxidation sites excluding steroid dienone is 3. The summed E-state index contributed by atoms with van der Waals surface area (Å²) >= 11 is 6.50. The molecule has 3 N–H and O–H groups in total. The molecule has 34 heavy (non-hydrogen) atoms. The van der Waals surface area contributed by atoms with Gasteiger partial charge in [-0.05, 0) is 54.7 Å². The summed E-state index contributed by atoms with van der Waals surface area (Å²) in [5.41, 5.74) is 2.41. The molecular formula is C26H30ClNO6. The molecule has 4 rings (SSSR count). The van der Waals surface area contributed by atoms with E-state index in [0.29, 0.717) is 42.2 Å². The molecule has 4 atom stereocenters. The van der Waals surface area contributed by atoms with Gasteiger partial charge in [-0.25, -0.2) is 0 Å². The van der Waals surface area contributed by atoms with E-state index >= 15 is 0 Å². The number of fused-ring (bicyclic) bond motifs is 1. The van der Waals surface area contributed by atoms with Gasteiger partial charge in [0, 0.05) is 31.2 Å². The van der Waals surface area contributed by atoms with Crippen LogP contribution in [0.5, 0.6) is 5.75 Å². The first kappa shape index (κ1) is 24.5. The van der Waals surface area contributed by atoms with Crippen molar-refractivity contribution in [3.63, 3.8) is 0 Å². The lowest BCUT2D eigenvalue weighted by atomic mass is 9.87. The third kappa shape index (κ3) is 5.73. The second-order valence-corrected chi connectivity index (χ2v) is 9.00. The molecule has 1 aromatic rings. The van der Waals surface area contributed by atoms with Gasteiger partial charge < -0.3 is 29.7 Å². The Hall–Kier alpha value is -2.58. The average Bonchev–Trinajstić information content (AvgIpc) is 2.84. The number of benzene rings is 1. The van der Waals surface area contributed by atoms with E-state index in [1.54, 1.807) is 43.5 Å². The van der Waals surface area contributed by atoms with Crippen molar-refractivity contribution in [1.29, 1.82) is 0 Å². The molecule has 0 saturated carbocycles. The van der Waals surface area contributed by atoms with Crippen LogP contribution in [-0.4, -0.2) is 60.3 Å². The fraction of sp³-hybridized carbons (Fsp3) is 0.423. The molecule has 1 saturated heterocycles. The Labute approximate surface area is 204 Å². The van der Waals surface area contributed by atoms with Crippen LogP contribution in [0.4, 0.5) is 0 Å². The van der Waals surface area contributed by atoms with Crippen molar-refractivity contribution in [1.82, 2.24) is 5.32 Å². The summed E-state index contributed by atoms with van der Waals surface area (Å²) < 4.78 is 17.2. The Kier molecular flexibility index (Phi) is 8.11. The lowest BCUT2D eigenvalue weighted by molar-refractivity contribution is -0.0855.